The number of nitrogens with two attached hydrogens (primary N) is 1. The third-order valence-corrected chi connectivity index (χ3v) is 1.68. The average Bonchev–Trinajstić information content (AvgIpc) is 2.04. The molecule has 0 radical (unpaired) electrons. The first-order valence-corrected chi connectivity index (χ1v) is 4.67. The lowest BCUT2D eigenvalue weighted by Crippen LogP contribution is -2.41. The molecule has 0 fully saturated rings. The number of imide groups is 1. The van der Waals surface area contributed by atoms with Crippen molar-refractivity contribution in [2.75, 3.05) is 0 Å². The predicted octanol–water partition coefficient (Wildman–Crippen LogP) is 0.557. The average molecular weight is 186 g/mol. The van der Waals surface area contributed by atoms with Gasteiger partial charge in [-0.15, -0.1) is 0 Å². The molecular formula is C9H18N2O2. The van der Waals surface area contributed by atoms with Crippen molar-refractivity contribution in [2.24, 2.45) is 5.73 Å². The maximum absolute atomic E-state index is 11.0. The van der Waals surface area contributed by atoms with Crippen molar-refractivity contribution in [2.45, 2.75) is 45.6 Å². The van der Waals surface area contributed by atoms with Crippen LogP contribution in [0.2, 0.25) is 0 Å². The fourth-order valence-electron chi connectivity index (χ4n) is 0.849. The van der Waals surface area contributed by atoms with E-state index in [0.29, 0.717) is 6.42 Å². The molecule has 0 aliphatic rings. The van der Waals surface area contributed by atoms with Crippen LogP contribution in [0.3, 0.4) is 0 Å². The van der Waals surface area contributed by atoms with E-state index in [1.54, 1.807) is 6.92 Å². The summed E-state index contributed by atoms with van der Waals surface area (Å²) < 4.78 is 0. The summed E-state index contributed by atoms with van der Waals surface area (Å²) in [5.74, 6) is -0.628. The van der Waals surface area contributed by atoms with Crippen LogP contribution in [-0.4, -0.2) is 17.9 Å². The number of amides is 2. The summed E-state index contributed by atoms with van der Waals surface area (Å²) in [5.41, 5.74) is 5.27. The minimum Gasteiger partial charge on any atom is -0.320 e. The summed E-state index contributed by atoms with van der Waals surface area (Å²) in [6.07, 6.45) is 3.31. The Balaban J connectivity index is 3.56. The lowest BCUT2D eigenvalue weighted by Gasteiger charge is -2.05. The molecule has 0 aromatic heterocycles. The van der Waals surface area contributed by atoms with Crippen molar-refractivity contribution in [3.05, 3.63) is 0 Å². The van der Waals surface area contributed by atoms with Crippen LogP contribution in [0.15, 0.2) is 0 Å². The maximum Gasteiger partial charge on any atom is 0.243 e. The fourth-order valence-corrected chi connectivity index (χ4v) is 0.849. The van der Waals surface area contributed by atoms with Crippen molar-refractivity contribution in [3.8, 4) is 0 Å². The standard InChI is InChI=1S/C9H18N2O2/c1-3-4-5-6-8(12)11-9(13)7(2)10/h7H,3-6,10H2,1-2H3,(H,11,12,13)/t7-/m0/s1. The van der Waals surface area contributed by atoms with E-state index in [2.05, 4.69) is 12.2 Å². The summed E-state index contributed by atoms with van der Waals surface area (Å²) in [6.45, 7) is 3.61. The van der Waals surface area contributed by atoms with E-state index in [9.17, 15) is 9.59 Å². The molecule has 0 aromatic carbocycles. The van der Waals surface area contributed by atoms with E-state index in [-0.39, 0.29) is 5.91 Å². The van der Waals surface area contributed by atoms with Crippen LogP contribution in [-0.2, 0) is 9.59 Å². The van der Waals surface area contributed by atoms with E-state index < -0.39 is 11.9 Å². The first-order chi connectivity index (χ1) is 6.07. The maximum atomic E-state index is 11.0. The number of carbonyl (C=O) groups is 2. The molecule has 0 heterocycles. The van der Waals surface area contributed by atoms with Crippen LogP contribution in [0, 0.1) is 0 Å². The largest absolute Gasteiger partial charge is 0.320 e. The smallest absolute Gasteiger partial charge is 0.243 e. The van der Waals surface area contributed by atoms with Crippen LogP contribution in [0.5, 0.6) is 0 Å². The quantitative estimate of drug-likeness (QED) is 0.616. The van der Waals surface area contributed by atoms with Gasteiger partial charge in [-0.25, -0.2) is 0 Å². The van der Waals surface area contributed by atoms with Gasteiger partial charge in [-0.1, -0.05) is 19.8 Å². The molecule has 0 saturated carbocycles. The Hall–Kier alpha value is -0.900. The molecular weight excluding hydrogens is 168 g/mol. The summed E-state index contributed by atoms with van der Waals surface area (Å²) in [7, 11) is 0. The second kappa shape index (κ2) is 6.60. The van der Waals surface area contributed by atoms with Crippen LogP contribution < -0.4 is 11.1 Å². The highest BCUT2D eigenvalue weighted by molar-refractivity contribution is 5.97. The first-order valence-electron chi connectivity index (χ1n) is 4.67. The van der Waals surface area contributed by atoms with Gasteiger partial charge < -0.3 is 5.73 Å². The van der Waals surface area contributed by atoms with Crippen molar-refractivity contribution < 1.29 is 9.59 Å². The minimum atomic E-state index is -0.616. The van der Waals surface area contributed by atoms with Crippen molar-refractivity contribution in [1.82, 2.24) is 5.32 Å². The SMILES string of the molecule is CCCCCC(=O)NC(=O)[C@H](C)N. The van der Waals surface area contributed by atoms with Gasteiger partial charge in [0.15, 0.2) is 0 Å². The number of unbranched alkanes of at least 4 members (excludes halogenated alkanes) is 2. The van der Waals surface area contributed by atoms with E-state index in [4.69, 9.17) is 5.73 Å². The molecule has 0 spiro atoms. The third kappa shape index (κ3) is 6.28. The third-order valence-electron chi connectivity index (χ3n) is 1.68. The number of nitrogens with one attached hydrogen (secondary N) is 1. The molecule has 0 rings (SSSR count). The summed E-state index contributed by atoms with van der Waals surface area (Å²) in [6, 6.07) is -0.616. The zero-order chi connectivity index (χ0) is 10.3. The van der Waals surface area contributed by atoms with Crippen LogP contribution in [0.1, 0.15) is 39.5 Å². The van der Waals surface area contributed by atoms with Gasteiger partial charge in [0, 0.05) is 6.42 Å². The molecule has 13 heavy (non-hydrogen) atoms. The van der Waals surface area contributed by atoms with Gasteiger partial charge in [0.05, 0.1) is 6.04 Å². The fraction of sp³-hybridized carbons (Fsp3) is 0.778. The molecule has 0 saturated heterocycles. The molecule has 76 valence electrons. The molecule has 3 N–H and O–H groups in total. The Bertz CT molecular complexity index is 178. The monoisotopic (exact) mass is 186 g/mol. The summed E-state index contributed by atoms with van der Waals surface area (Å²) >= 11 is 0. The van der Waals surface area contributed by atoms with E-state index in [1.165, 1.54) is 0 Å². The number of hydrogen-bond acceptors (Lipinski definition) is 3. The molecule has 0 unspecified atom stereocenters. The zero-order valence-electron chi connectivity index (χ0n) is 8.30. The minimum absolute atomic E-state index is 0.226. The number of hydrogen-bond donors (Lipinski definition) is 2. The Labute approximate surface area is 78.9 Å². The van der Waals surface area contributed by atoms with Crippen molar-refractivity contribution >= 4 is 11.8 Å². The topological polar surface area (TPSA) is 72.2 Å². The number of rotatable bonds is 5. The number of carbonyl (C=O) groups excluding carboxylic acids is 2. The molecule has 0 aliphatic heterocycles. The second-order valence-corrected chi connectivity index (χ2v) is 3.16. The molecule has 4 heteroatoms. The van der Waals surface area contributed by atoms with Crippen LogP contribution in [0.4, 0.5) is 0 Å². The van der Waals surface area contributed by atoms with Gasteiger partial charge in [-0.2, -0.15) is 0 Å². The molecule has 0 bridgehead atoms. The van der Waals surface area contributed by atoms with E-state index >= 15 is 0 Å². The Morgan fingerprint density at radius 2 is 2.00 bits per heavy atom. The predicted molar refractivity (Wildman–Crippen MR) is 50.9 cm³/mol. The normalized spacial score (nSPS) is 12.2. The van der Waals surface area contributed by atoms with Gasteiger partial charge in [-0.3, -0.25) is 14.9 Å². The highest BCUT2D eigenvalue weighted by Crippen LogP contribution is 1.98. The molecule has 0 aromatic rings. The lowest BCUT2D eigenvalue weighted by atomic mass is 10.2. The molecule has 2 amide bonds. The molecule has 1 atom stereocenters. The van der Waals surface area contributed by atoms with Gasteiger partial charge in [0.2, 0.25) is 11.8 Å². The second-order valence-electron chi connectivity index (χ2n) is 3.16. The van der Waals surface area contributed by atoms with Crippen LogP contribution in [0.25, 0.3) is 0 Å². The van der Waals surface area contributed by atoms with E-state index in [1.807, 2.05) is 0 Å². The summed E-state index contributed by atoms with van der Waals surface area (Å²) in [5, 5.41) is 2.24. The van der Waals surface area contributed by atoms with Crippen LogP contribution >= 0.6 is 0 Å². The van der Waals surface area contributed by atoms with Crippen molar-refractivity contribution in [3.63, 3.8) is 0 Å². The van der Waals surface area contributed by atoms with Gasteiger partial charge in [-0.05, 0) is 13.3 Å². The van der Waals surface area contributed by atoms with Gasteiger partial charge >= 0.3 is 0 Å². The van der Waals surface area contributed by atoms with Gasteiger partial charge in [0.1, 0.15) is 0 Å². The molecule has 4 nitrogen and oxygen atoms in total. The Kier molecular flexibility index (Phi) is 6.14. The Morgan fingerprint density at radius 3 is 2.46 bits per heavy atom. The zero-order valence-corrected chi connectivity index (χ0v) is 8.30. The van der Waals surface area contributed by atoms with Crippen molar-refractivity contribution in [1.29, 1.82) is 0 Å². The Morgan fingerprint density at radius 1 is 1.38 bits per heavy atom. The van der Waals surface area contributed by atoms with Gasteiger partial charge in [0.25, 0.3) is 0 Å². The first kappa shape index (κ1) is 12.1. The lowest BCUT2D eigenvalue weighted by molar-refractivity contribution is -0.131. The molecule has 0 aliphatic carbocycles. The highest BCUT2D eigenvalue weighted by atomic mass is 16.2. The highest BCUT2D eigenvalue weighted by Gasteiger charge is 2.10. The van der Waals surface area contributed by atoms with E-state index in [0.717, 1.165) is 19.3 Å². The summed E-state index contributed by atoms with van der Waals surface area (Å²) in [4.78, 5) is 22.0.